The van der Waals surface area contributed by atoms with Crippen molar-refractivity contribution in [1.29, 1.82) is 0 Å². The van der Waals surface area contributed by atoms with Crippen LogP contribution in [0.2, 0.25) is 0 Å². The summed E-state index contributed by atoms with van der Waals surface area (Å²) in [6, 6.07) is 0. The largest absolute Gasteiger partial charge is 0.454 e. The maximum atomic E-state index is 11.7. The molecule has 0 aromatic heterocycles. The molecule has 1 unspecified atom stereocenters. The Morgan fingerprint density at radius 2 is 1.86 bits per heavy atom. The van der Waals surface area contributed by atoms with Gasteiger partial charge in [-0.25, -0.2) is 4.79 Å². The third-order valence-corrected chi connectivity index (χ3v) is 3.56. The summed E-state index contributed by atoms with van der Waals surface area (Å²) in [5.41, 5.74) is 0. The van der Waals surface area contributed by atoms with Gasteiger partial charge in [0.15, 0.2) is 18.3 Å². The van der Waals surface area contributed by atoms with E-state index in [0.29, 0.717) is 6.54 Å². The topological polar surface area (TPSA) is 116 Å². The molecule has 0 saturated carbocycles. The molecule has 1 amide bonds. The van der Waals surface area contributed by atoms with E-state index in [1.54, 1.807) is 0 Å². The third-order valence-electron chi connectivity index (χ3n) is 3.56. The molecule has 7 heteroatoms. The molecular weight excluding hydrogens is 278 g/mol. The number of cyclic esters (lactones) is 1. The number of aliphatic hydroxyl groups excluding tert-OH is 3. The third kappa shape index (κ3) is 5.26. The van der Waals surface area contributed by atoms with Gasteiger partial charge in [-0.1, -0.05) is 39.0 Å². The van der Waals surface area contributed by atoms with Crippen molar-refractivity contribution in [2.24, 2.45) is 0 Å². The molecule has 4 N–H and O–H groups in total. The van der Waals surface area contributed by atoms with Crippen LogP contribution >= 0.6 is 0 Å². The van der Waals surface area contributed by atoms with Crippen molar-refractivity contribution < 1.29 is 29.6 Å². The Morgan fingerprint density at radius 1 is 1.24 bits per heavy atom. The first kappa shape index (κ1) is 17.9. The normalized spacial score (nSPS) is 26.5. The van der Waals surface area contributed by atoms with Crippen molar-refractivity contribution in [2.45, 2.75) is 69.9 Å². The lowest BCUT2D eigenvalue weighted by molar-refractivity contribution is -0.153. The minimum absolute atomic E-state index is 0.418. The molecule has 1 fully saturated rings. The molecule has 122 valence electrons. The number of hydrogen-bond acceptors (Lipinski definition) is 6. The summed E-state index contributed by atoms with van der Waals surface area (Å²) in [4.78, 5) is 22.7. The molecule has 0 bridgehead atoms. The van der Waals surface area contributed by atoms with Crippen molar-refractivity contribution >= 4 is 11.9 Å². The molecule has 0 radical (unpaired) electrons. The van der Waals surface area contributed by atoms with E-state index in [0.717, 1.165) is 19.3 Å². The molecule has 0 aromatic carbocycles. The maximum Gasteiger partial charge on any atom is 0.338 e. The minimum atomic E-state index is -1.71. The number of amides is 1. The second kappa shape index (κ2) is 8.96. The Balaban J connectivity index is 2.21. The van der Waals surface area contributed by atoms with Crippen LogP contribution in [0.25, 0.3) is 0 Å². The van der Waals surface area contributed by atoms with Crippen LogP contribution in [0.3, 0.4) is 0 Å². The summed E-state index contributed by atoms with van der Waals surface area (Å²) in [5, 5.41) is 31.0. The van der Waals surface area contributed by atoms with E-state index < -0.39 is 36.3 Å². The van der Waals surface area contributed by atoms with Gasteiger partial charge in [0.25, 0.3) is 5.91 Å². The predicted molar refractivity (Wildman–Crippen MR) is 74.3 cm³/mol. The van der Waals surface area contributed by atoms with Crippen LogP contribution < -0.4 is 5.32 Å². The van der Waals surface area contributed by atoms with E-state index in [1.807, 2.05) is 0 Å². The van der Waals surface area contributed by atoms with Gasteiger partial charge in [-0.2, -0.15) is 0 Å². The number of ether oxygens (including phenoxy) is 1. The highest BCUT2D eigenvalue weighted by molar-refractivity contribution is 5.84. The smallest absolute Gasteiger partial charge is 0.338 e. The van der Waals surface area contributed by atoms with Crippen molar-refractivity contribution in [2.75, 3.05) is 6.54 Å². The molecule has 0 aliphatic carbocycles. The molecule has 4 atom stereocenters. The first-order valence-corrected chi connectivity index (χ1v) is 7.51. The van der Waals surface area contributed by atoms with E-state index in [1.165, 1.54) is 19.3 Å². The van der Waals surface area contributed by atoms with Crippen LogP contribution in [-0.2, 0) is 14.3 Å². The number of carbonyl (C=O) groups excluding carboxylic acids is 2. The SMILES string of the molecule is CCCCCCCCNC(=O)C(O)[C@H]1OC(=O)[C@@H](O)[C@H]1O. The number of rotatable bonds is 9. The lowest BCUT2D eigenvalue weighted by atomic mass is 10.1. The zero-order chi connectivity index (χ0) is 15.8. The van der Waals surface area contributed by atoms with Crippen LogP contribution in [0.1, 0.15) is 45.4 Å². The van der Waals surface area contributed by atoms with Gasteiger partial charge in [-0.3, -0.25) is 4.79 Å². The molecule has 1 saturated heterocycles. The fourth-order valence-electron chi connectivity index (χ4n) is 2.21. The zero-order valence-electron chi connectivity index (χ0n) is 12.3. The van der Waals surface area contributed by atoms with Gasteiger partial charge in [0.2, 0.25) is 0 Å². The number of unbranched alkanes of at least 4 members (excludes halogenated alkanes) is 5. The summed E-state index contributed by atoms with van der Waals surface area (Å²) < 4.78 is 4.59. The first-order chi connectivity index (χ1) is 9.99. The molecule has 1 heterocycles. The van der Waals surface area contributed by atoms with Crippen LogP contribution in [-0.4, -0.2) is 58.2 Å². The molecule has 1 aliphatic rings. The highest BCUT2D eigenvalue weighted by Crippen LogP contribution is 2.19. The Kier molecular flexibility index (Phi) is 7.63. The summed E-state index contributed by atoms with van der Waals surface area (Å²) in [5.74, 6) is -1.75. The monoisotopic (exact) mass is 303 g/mol. The van der Waals surface area contributed by atoms with Crippen LogP contribution in [0.4, 0.5) is 0 Å². The van der Waals surface area contributed by atoms with Gasteiger partial charge in [0, 0.05) is 6.54 Å². The van der Waals surface area contributed by atoms with Crippen molar-refractivity contribution in [1.82, 2.24) is 5.32 Å². The van der Waals surface area contributed by atoms with Gasteiger partial charge >= 0.3 is 5.97 Å². The number of hydrogen-bond donors (Lipinski definition) is 4. The second-order valence-electron chi connectivity index (χ2n) is 5.34. The fourth-order valence-corrected chi connectivity index (χ4v) is 2.21. The Labute approximate surface area is 124 Å². The van der Waals surface area contributed by atoms with E-state index in [9.17, 15) is 24.9 Å². The maximum absolute atomic E-state index is 11.7. The van der Waals surface area contributed by atoms with Gasteiger partial charge in [0.05, 0.1) is 0 Å². The van der Waals surface area contributed by atoms with Crippen LogP contribution in [0.15, 0.2) is 0 Å². The number of esters is 1. The average Bonchev–Trinajstić information content (AvgIpc) is 2.73. The van der Waals surface area contributed by atoms with Gasteiger partial charge in [0.1, 0.15) is 6.10 Å². The quantitative estimate of drug-likeness (QED) is 0.336. The number of aliphatic hydroxyl groups is 3. The highest BCUT2D eigenvalue weighted by Gasteiger charge is 2.48. The number of nitrogens with one attached hydrogen (secondary N) is 1. The van der Waals surface area contributed by atoms with E-state index in [2.05, 4.69) is 17.0 Å². The zero-order valence-corrected chi connectivity index (χ0v) is 12.3. The minimum Gasteiger partial charge on any atom is -0.454 e. The van der Waals surface area contributed by atoms with Gasteiger partial charge in [-0.15, -0.1) is 0 Å². The fraction of sp³-hybridized carbons (Fsp3) is 0.857. The van der Waals surface area contributed by atoms with Crippen LogP contribution in [0.5, 0.6) is 0 Å². The average molecular weight is 303 g/mol. The second-order valence-corrected chi connectivity index (χ2v) is 5.34. The Hall–Kier alpha value is -1.18. The Morgan fingerprint density at radius 3 is 2.43 bits per heavy atom. The van der Waals surface area contributed by atoms with E-state index in [-0.39, 0.29) is 0 Å². The van der Waals surface area contributed by atoms with Crippen molar-refractivity contribution in [3.8, 4) is 0 Å². The van der Waals surface area contributed by atoms with Crippen LogP contribution in [0, 0.1) is 0 Å². The van der Waals surface area contributed by atoms with Crippen molar-refractivity contribution in [3.63, 3.8) is 0 Å². The molecule has 7 nitrogen and oxygen atoms in total. The summed E-state index contributed by atoms with van der Waals surface area (Å²) in [6.45, 7) is 2.56. The molecule has 0 spiro atoms. The summed E-state index contributed by atoms with van der Waals surface area (Å²) in [7, 11) is 0. The lowest BCUT2D eigenvalue weighted by Crippen LogP contribution is -2.47. The Bertz CT molecular complexity index is 348. The van der Waals surface area contributed by atoms with E-state index >= 15 is 0 Å². The summed E-state index contributed by atoms with van der Waals surface area (Å²) >= 11 is 0. The molecular formula is C14H25NO6. The highest BCUT2D eigenvalue weighted by atomic mass is 16.6. The molecule has 0 aromatic rings. The van der Waals surface area contributed by atoms with Crippen molar-refractivity contribution in [3.05, 3.63) is 0 Å². The number of carbonyl (C=O) groups is 2. The van der Waals surface area contributed by atoms with Gasteiger partial charge < -0.3 is 25.4 Å². The molecule has 1 aliphatic heterocycles. The lowest BCUT2D eigenvalue weighted by Gasteiger charge is -2.19. The summed E-state index contributed by atoms with van der Waals surface area (Å²) in [6.07, 6.45) is 0.0670. The predicted octanol–water partition coefficient (Wildman–Crippen LogP) is -0.529. The first-order valence-electron chi connectivity index (χ1n) is 7.51. The van der Waals surface area contributed by atoms with E-state index in [4.69, 9.17) is 0 Å². The van der Waals surface area contributed by atoms with Gasteiger partial charge in [-0.05, 0) is 6.42 Å². The standard InChI is InChI=1S/C14H25NO6/c1-2-3-4-5-6-7-8-15-13(19)11(18)12-9(16)10(17)14(20)21-12/h9-12,16-18H,2-8H2,1H3,(H,15,19)/t9-,10+,11?,12+/m1/s1. The molecule has 21 heavy (non-hydrogen) atoms. The molecule has 1 rings (SSSR count).